The molecule has 2 fully saturated rings. The molecule has 0 radical (unpaired) electrons. The van der Waals surface area contributed by atoms with E-state index in [-0.39, 0.29) is 54.3 Å². The van der Waals surface area contributed by atoms with Crippen LogP contribution in [0, 0.1) is 11.8 Å². The fourth-order valence-corrected chi connectivity index (χ4v) is 7.48. The third-order valence-electron chi connectivity index (χ3n) is 7.90. The molecule has 3 N–H and O–H groups in total. The summed E-state index contributed by atoms with van der Waals surface area (Å²) in [6.07, 6.45) is -1.12. The predicted molar refractivity (Wildman–Crippen MR) is 160 cm³/mol. The highest BCUT2D eigenvalue weighted by Gasteiger charge is 2.46. The van der Waals surface area contributed by atoms with Gasteiger partial charge in [0.05, 0.1) is 42.9 Å². The smallest absolute Gasteiger partial charge is 0.407 e. The molecule has 12 heteroatoms. The van der Waals surface area contributed by atoms with Gasteiger partial charge in [-0.3, -0.25) is 4.79 Å². The van der Waals surface area contributed by atoms with E-state index in [0.29, 0.717) is 25.2 Å². The molecule has 2 amide bonds. The first-order valence-corrected chi connectivity index (χ1v) is 16.1. The fourth-order valence-electron chi connectivity index (χ4n) is 5.86. The Bertz CT molecular complexity index is 1320. The molecule has 1 heterocycles. The number of sulfonamides is 1. The lowest BCUT2D eigenvalue weighted by atomic mass is 9.99. The number of nitrogens with zero attached hydrogens (tertiary/aromatic N) is 1. The first kappa shape index (κ1) is 32.7. The summed E-state index contributed by atoms with van der Waals surface area (Å²) in [5.41, 5.74) is 0.863. The second-order valence-electron chi connectivity index (χ2n) is 11.7. The normalized spacial score (nSPS) is 23.0. The maximum absolute atomic E-state index is 13.6. The molecule has 43 heavy (non-hydrogen) atoms. The van der Waals surface area contributed by atoms with Crippen LogP contribution < -0.4 is 15.4 Å². The van der Waals surface area contributed by atoms with Gasteiger partial charge in [-0.1, -0.05) is 44.2 Å². The third-order valence-corrected chi connectivity index (χ3v) is 9.75. The quantitative estimate of drug-likeness (QED) is 0.311. The largest absolute Gasteiger partial charge is 0.497 e. The summed E-state index contributed by atoms with van der Waals surface area (Å²) >= 11 is 0. The number of hydrogen-bond donors (Lipinski definition) is 3. The predicted octanol–water partition coefficient (Wildman–Crippen LogP) is 2.72. The Labute approximate surface area is 253 Å². The van der Waals surface area contributed by atoms with Crippen LogP contribution in [0.4, 0.5) is 4.79 Å². The Morgan fingerprint density at radius 1 is 1.07 bits per heavy atom. The second kappa shape index (κ2) is 14.5. The highest BCUT2D eigenvalue weighted by atomic mass is 32.2. The van der Waals surface area contributed by atoms with Crippen LogP contribution in [0.2, 0.25) is 0 Å². The number of benzene rings is 2. The standard InChI is InChI=1S/C31H43N3O8S/c1-20(2)17-34(43(38,39)25-12-10-23(40-4)11-13-25)18-29(36)27(14-22-8-6-5-7-9-22)33-31(37)42-24-15-26-28(32-21(3)35)19-41-30(26)16-24/h5-13,20,24,26-30,36H,14-19H2,1-4H3,(H,32,35)(H,33,37)/t24-,26-,27+,28+,29?,30-/m1/s1. The Kier molecular flexibility index (Phi) is 11.0. The van der Waals surface area contributed by atoms with Crippen molar-refractivity contribution in [3.8, 4) is 5.75 Å². The summed E-state index contributed by atoms with van der Waals surface area (Å²) in [6.45, 7) is 5.64. The van der Waals surface area contributed by atoms with E-state index in [2.05, 4.69) is 10.6 Å². The van der Waals surface area contributed by atoms with E-state index in [0.717, 1.165) is 5.56 Å². The van der Waals surface area contributed by atoms with Crippen molar-refractivity contribution in [3.05, 3.63) is 60.2 Å². The zero-order valence-electron chi connectivity index (χ0n) is 25.1. The van der Waals surface area contributed by atoms with Crippen LogP contribution in [0.15, 0.2) is 59.5 Å². The highest BCUT2D eigenvalue weighted by Crippen LogP contribution is 2.37. The maximum Gasteiger partial charge on any atom is 0.407 e. The zero-order valence-corrected chi connectivity index (χ0v) is 26.0. The van der Waals surface area contributed by atoms with Crippen LogP contribution in [-0.2, 0) is 30.7 Å². The monoisotopic (exact) mass is 617 g/mol. The molecule has 0 bridgehead atoms. The van der Waals surface area contributed by atoms with Gasteiger partial charge in [0.2, 0.25) is 15.9 Å². The van der Waals surface area contributed by atoms with Gasteiger partial charge < -0.3 is 30.0 Å². The number of alkyl carbamates (subject to hydrolysis) is 1. The number of rotatable bonds is 13. The van der Waals surface area contributed by atoms with Crippen LogP contribution in [0.1, 0.15) is 39.2 Å². The summed E-state index contributed by atoms with van der Waals surface area (Å²) in [7, 11) is -2.46. The van der Waals surface area contributed by atoms with E-state index in [1.165, 1.54) is 30.5 Å². The Morgan fingerprint density at radius 2 is 1.77 bits per heavy atom. The number of fused-ring (bicyclic) bond motifs is 1. The van der Waals surface area contributed by atoms with Gasteiger partial charge in [0.1, 0.15) is 11.9 Å². The first-order chi connectivity index (χ1) is 20.5. The number of aliphatic hydroxyl groups excluding tert-OH is 1. The average molecular weight is 618 g/mol. The molecule has 2 aliphatic rings. The summed E-state index contributed by atoms with van der Waals surface area (Å²) < 4.78 is 45.3. The molecule has 1 aliphatic carbocycles. The van der Waals surface area contributed by atoms with Crippen molar-refractivity contribution in [2.75, 3.05) is 26.8 Å². The fraction of sp³-hybridized carbons (Fsp3) is 0.548. The molecule has 1 saturated heterocycles. The van der Waals surface area contributed by atoms with Crippen molar-refractivity contribution in [1.82, 2.24) is 14.9 Å². The van der Waals surface area contributed by atoms with Crippen LogP contribution in [0.3, 0.4) is 0 Å². The lowest BCUT2D eigenvalue weighted by molar-refractivity contribution is -0.119. The van der Waals surface area contributed by atoms with Gasteiger partial charge in [-0.05, 0) is 48.6 Å². The summed E-state index contributed by atoms with van der Waals surface area (Å²) in [6, 6.07) is 14.5. The Balaban J connectivity index is 1.47. The van der Waals surface area contributed by atoms with Gasteiger partial charge in [-0.2, -0.15) is 4.31 Å². The van der Waals surface area contributed by atoms with E-state index in [1.54, 1.807) is 12.1 Å². The van der Waals surface area contributed by atoms with Gasteiger partial charge in [-0.15, -0.1) is 0 Å². The van der Waals surface area contributed by atoms with Crippen LogP contribution in [-0.4, -0.2) is 87.0 Å². The van der Waals surface area contributed by atoms with Crippen molar-refractivity contribution in [1.29, 1.82) is 0 Å². The molecule has 1 aliphatic heterocycles. The van der Waals surface area contributed by atoms with Crippen molar-refractivity contribution in [2.24, 2.45) is 11.8 Å². The molecule has 4 rings (SSSR count). The van der Waals surface area contributed by atoms with Crippen LogP contribution in [0.25, 0.3) is 0 Å². The summed E-state index contributed by atoms with van der Waals surface area (Å²) in [4.78, 5) is 24.8. The molecule has 2 aromatic rings. The molecular weight excluding hydrogens is 574 g/mol. The minimum atomic E-state index is -3.96. The number of hydrogen-bond acceptors (Lipinski definition) is 8. The van der Waals surface area contributed by atoms with Crippen molar-refractivity contribution in [2.45, 2.75) is 75.3 Å². The molecule has 1 saturated carbocycles. The number of nitrogens with one attached hydrogen (secondary N) is 2. The number of carbonyl (C=O) groups is 2. The van der Waals surface area contributed by atoms with E-state index >= 15 is 0 Å². The molecule has 6 atom stereocenters. The summed E-state index contributed by atoms with van der Waals surface area (Å²) in [5.74, 6) is 0.439. The van der Waals surface area contributed by atoms with E-state index in [1.807, 2.05) is 44.2 Å². The molecule has 0 spiro atoms. The van der Waals surface area contributed by atoms with Crippen molar-refractivity contribution < 1.29 is 37.3 Å². The van der Waals surface area contributed by atoms with Crippen molar-refractivity contribution in [3.63, 3.8) is 0 Å². The minimum absolute atomic E-state index is 0.0175. The average Bonchev–Trinajstić information content (AvgIpc) is 3.53. The topological polar surface area (TPSA) is 144 Å². The lowest BCUT2D eigenvalue weighted by Crippen LogP contribution is -2.51. The van der Waals surface area contributed by atoms with E-state index in [4.69, 9.17) is 14.2 Å². The zero-order chi connectivity index (χ0) is 31.1. The number of carbonyl (C=O) groups excluding carboxylic acids is 2. The Hall–Kier alpha value is -3.19. The van der Waals surface area contributed by atoms with Gasteiger partial charge in [0, 0.05) is 32.4 Å². The SMILES string of the molecule is COc1ccc(S(=O)(=O)N(CC(C)C)CC(O)[C@H](Cc2ccccc2)NC(=O)O[C@@H]2C[C@@H]3[C@@H](NC(C)=O)CO[C@@H]3C2)cc1. The van der Waals surface area contributed by atoms with Gasteiger partial charge in [-0.25, -0.2) is 13.2 Å². The van der Waals surface area contributed by atoms with Gasteiger partial charge in [0.25, 0.3) is 0 Å². The Morgan fingerprint density at radius 3 is 2.40 bits per heavy atom. The second-order valence-corrected chi connectivity index (χ2v) is 13.7. The summed E-state index contributed by atoms with van der Waals surface area (Å²) in [5, 5.41) is 17.2. The maximum atomic E-state index is 13.6. The van der Waals surface area contributed by atoms with Crippen LogP contribution in [0.5, 0.6) is 5.75 Å². The molecule has 2 aromatic carbocycles. The number of aliphatic hydroxyl groups is 1. The number of methoxy groups -OCH3 is 1. The van der Waals surface area contributed by atoms with Crippen LogP contribution >= 0.6 is 0 Å². The van der Waals surface area contributed by atoms with Gasteiger partial charge in [0.15, 0.2) is 0 Å². The van der Waals surface area contributed by atoms with E-state index < -0.39 is 34.4 Å². The van der Waals surface area contributed by atoms with Gasteiger partial charge >= 0.3 is 6.09 Å². The van der Waals surface area contributed by atoms with E-state index in [9.17, 15) is 23.1 Å². The molecule has 11 nitrogen and oxygen atoms in total. The molecule has 236 valence electrons. The highest BCUT2D eigenvalue weighted by molar-refractivity contribution is 7.89. The minimum Gasteiger partial charge on any atom is -0.497 e. The van der Waals surface area contributed by atoms with Crippen molar-refractivity contribution >= 4 is 22.0 Å². The lowest BCUT2D eigenvalue weighted by Gasteiger charge is -2.31. The first-order valence-electron chi connectivity index (χ1n) is 14.7. The number of amides is 2. The molecular formula is C31H43N3O8S. The third kappa shape index (κ3) is 8.69. The number of ether oxygens (including phenoxy) is 3. The molecule has 1 unspecified atom stereocenters. The molecule has 0 aromatic heterocycles.